The highest BCUT2D eigenvalue weighted by molar-refractivity contribution is 4.85. The molecule has 2 heteroatoms. The van der Waals surface area contributed by atoms with Crippen molar-refractivity contribution in [2.75, 3.05) is 27.7 Å². The molecule has 0 rings (SSSR count). The summed E-state index contributed by atoms with van der Waals surface area (Å²) in [6.07, 6.45) is 3.04. The highest BCUT2D eigenvalue weighted by Crippen LogP contribution is 2.16. The van der Waals surface area contributed by atoms with Crippen molar-refractivity contribution in [3.05, 3.63) is 12.8 Å². The van der Waals surface area contributed by atoms with Gasteiger partial charge in [-0.05, 0) is 47.1 Å². The van der Waals surface area contributed by atoms with E-state index in [9.17, 15) is 0 Å². The lowest BCUT2D eigenvalue weighted by atomic mass is 9.99. The van der Waals surface area contributed by atoms with E-state index in [4.69, 9.17) is 0 Å². The van der Waals surface area contributed by atoms with E-state index in [1.165, 1.54) is 0 Å². The first-order chi connectivity index (χ1) is 5.40. The Bertz CT molecular complexity index is 139. The van der Waals surface area contributed by atoms with Crippen LogP contribution in [0.5, 0.6) is 0 Å². The van der Waals surface area contributed by atoms with E-state index in [-0.39, 0.29) is 5.54 Å². The van der Waals surface area contributed by atoms with E-state index in [2.05, 4.69) is 51.4 Å². The summed E-state index contributed by atoms with van der Waals surface area (Å²) in [4.78, 5) is 4.37. The Morgan fingerprint density at radius 3 is 2.08 bits per heavy atom. The van der Waals surface area contributed by atoms with Crippen molar-refractivity contribution >= 4 is 0 Å². The molecular formula is C10H22N2. The van der Waals surface area contributed by atoms with Crippen LogP contribution in [0.3, 0.4) is 0 Å². The molecule has 12 heavy (non-hydrogen) atoms. The third-order valence-corrected chi connectivity index (χ3v) is 2.40. The zero-order chi connectivity index (χ0) is 9.78. The summed E-state index contributed by atoms with van der Waals surface area (Å²) in [5.41, 5.74) is 0.214. The highest BCUT2D eigenvalue weighted by Gasteiger charge is 2.20. The van der Waals surface area contributed by atoms with Gasteiger partial charge in [0.25, 0.3) is 0 Å². The monoisotopic (exact) mass is 170 g/mol. The molecular weight excluding hydrogens is 148 g/mol. The second-order valence-electron chi connectivity index (χ2n) is 4.16. The van der Waals surface area contributed by atoms with Crippen LogP contribution in [0.15, 0.2) is 12.8 Å². The molecule has 72 valence electrons. The Morgan fingerprint density at radius 1 is 1.25 bits per heavy atom. The first-order valence-corrected chi connectivity index (χ1v) is 4.40. The SMILES string of the molecule is C=CN(C)C(C)(C)CCN(C)C. The van der Waals surface area contributed by atoms with E-state index in [0.717, 1.165) is 13.0 Å². The van der Waals surface area contributed by atoms with E-state index in [1.807, 2.05) is 6.20 Å². The summed E-state index contributed by atoms with van der Waals surface area (Å²) in [5.74, 6) is 0. The van der Waals surface area contributed by atoms with Gasteiger partial charge < -0.3 is 9.80 Å². The minimum Gasteiger partial charge on any atom is -0.376 e. The molecule has 0 bridgehead atoms. The summed E-state index contributed by atoms with van der Waals surface area (Å²) < 4.78 is 0. The number of nitrogens with zero attached hydrogens (tertiary/aromatic N) is 2. The molecule has 0 aliphatic heterocycles. The van der Waals surface area contributed by atoms with Gasteiger partial charge in [0.2, 0.25) is 0 Å². The summed E-state index contributed by atoms with van der Waals surface area (Å²) in [6, 6.07) is 0. The van der Waals surface area contributed by atoms with Crippen LogP contribution in [0.25, 0.3) is 0 Å². The molecule has 0 radical (unpaired) electrons. The lowest BCUT2D eigenvalue weighted by Gasteiger charge is -2.35. The lowest BCUT2D eigenvalue weighted by molar-refractivity contribution is 0.189. The molecule has 0 heterocycles. The highest BCUT2D eigenvalue weighted by atomic mass is 15.2. The van der Waals surface area contributed by atoms with E-state index in [0.29, 0.717) is 0 Å². The molecule has 0 amide bonds. The zero-order valence-corrected chi connectivity index (χ0v) is 9.09. The van der Waals surface area contributed by atoms with E-state index < -0.39 is 0 Å². The molecule has 0 aliphatic rings. The first kappa shape index (κ1) is 11.5. The second kappa shape index (κ2) is 4.51. The molecule has 0 unspecified atom stereocenters. The van der Waals surface area contributed by atoms with Crippen molar-refractivity contribution in [1.29, 1.82) is 0 Å². The molecule has 0 spiro atoms. The Labute approximate surface area is 76.9 Å². The predicted molar refractivity (Wildman–Crippen MR) is 55.2 cm³/mol. The maximum atomic E-state index is 3.77. The maximum absolute atomic E-state index is 3.77. The molecule has 0 aromatic carbocycles. The molecule has 0 aliphatic carbocycles. The number of hydrogen-bond donors (Lipinski definition) is 0. The largest absolute Gasteiger partial charge is 0.376 e. The van der Waals surface area contributed by atoms with Crippen molar-refractivity contribution in [3.8, 4) is 0 Å². The van der Waals surface area contributed by atoms with Crippen molar-refractivity contribution in [2.24, 2.45) is 0 Å². The van der Waals surface area contributed by atoms with E-state index >= 15 is 0 Å². The summed E-state index contributed by atoms with van der Waals surface area (Å²) >= 11 is 0. The molecule has 0 saturated carbocycles. The van der Waals surface area contributed by atoms with Crippen molar-refractivity contribution in [2.45, 2.75) is 25.8 Å². The van der Waals surface area contributed by atoms with Gasteiger partial charge in [-0.1, -0.05) is 6.58 Å². The zero-order valence-electron chi connectivity index (χ0n) is 9.09. The van der Waals surface area contributed by atoms with Crippen LogP contribution in [0.4, 0.5) is 0 Å². The third-order valence-electron chi connectivity index (χ3n) is 2.40. The minimum absolute atomic E-state index is 0.214. The minimum atomic E-state index is 0.214. The van der Waals surface area contributed by atoms with Gasteiger partial charge in [0.05, 0.1) is 0 Å². The van der Waals surface area contributed by atoms with Gasteiger partial charge in [-0.15, -0.1) is 0 Å². The molecule has 0 saturated heterocycles. The molecule has 0 N–H and O–H groups in total. The van der Waals surface area contributed by atoms with Gasteiger partial charge in [0.15, 0.2) is 0 Å². The second-order valence-corrected chi connectivity index (χ2v) is 4.16. The van der Waals surface area contributed by atoms with Gasteiger partial charge in [0, 0.05) is 12.6 Å². The molecule has 0 aromatic heterocycles. The Hall–Kier alpha value is -0.500. The topological polar surface area (TPSA) is 6.48 Å². The molecule has 2 nitrogen and oxygen atoms in total. The first-order valence-electron chi connectivity index (χ1n) is 4.40. The third kappa shape index (κ3) is 3.77. The normalized spacial score (nSPS) is 11.8. The van der Waals surface area contributed by atoms with Crippen LogP contribution < -0.4 is 0 Å². The van der Waals surface area contributed by atoms with Crippen molar-refractivity contribution in [1.82, 2.24) is 9.80 Å². The average Bonchev–Trinajstić information content (AvgIpc) is 1.99. The average molecular weight is 170 g/mol. The Kier molecular flexibility index (Phi) is 4.32. The fraction of sp³-hybridized carbons (Fsp3) is 0.800. The molecule has 0 fully saturated rings. The number of hydrogen-bond acceptors (Lipinski definition) is 2. The number of rotatable bonds is 5. The van der Waals surface area contributed by atoms with E-state index in [1.54, 1.807) is 0 Å². The lowest BCUT2D eigenvalue weighted by Crippen LogP contribution is -2.39. The van der Waals surface area contributed by atoms with Crippen LogP contribution in [0.2, 0.25) is 0 Å². The van der Waals surface area contributed by atoms with Crippen molar-refractivity contribution in [3.63, 3.8) is 0 Å². The van der Waals surface area contributed by atoms with Crippen molar-refractivity contribution < 1.29 is 0 Å². The van der Waals surface area contributed by atoms with Crippen LogP contribution in [0.1, 0.15) is 20.3 Å². The molecule has 0 atom stereocenters. The van der Waals surface area contributed by atoms with Crippen LogP contribution in [-0.4, -0.2) is 43.0 Å². The molecule has 0 aromatic rings. The Morgan fingerprint density at radius 2 is 1.75 bits per heavy atom. The van der Waals surface area contributed by atoms with Gasteiger partial charge in [0.1, 0.15) is 0 Å². The standard InChI is InChI=1S/C10H22N2/c1-7-12(6)10(2,3)8-9-11(4)5/h7H,1,8-9H2,2-6H3. The van der Waals surface area contributed by atoms with Gasteiger partial charge in [-0.25, -0.2) is 0 Å². The fourth-order valence-corrected chi connectivity index (χ4v) is 0.921. The summed E-state index contributed by atoms with van der Waals surface area (Å²) in [6.45, 7) is 9.35. The van der Waals surface area contributed by atoms with Crippen LogP contribution >= 0.6 is 0 Å². The predicted octanol–water partition coefficient (Wildman–Crippen LogP) is 1.79. The summed E-state index contributed by atoms with van der Waals surface area (Å²) in [7, 11) is 6.27. The van der Waals surface area contributed by atoms with Gasteiger partial charge >= 0.3 is 0 Å². The van der Waals surface area contributed by atoms with Crippen LogP contribution in [0, 0.1) is 0 Å². The van der Waals surface area contributed by atoms with Crippen LogP contribution in [-0.2, 0) is 0 Å². The Balaban J connectivity index is 3.94. The maximum Gasteiger partial charge on any atom is 0.0349 e. The quantitative estimate of drug-likeness (QED) is 0.620. The smallest absolute Gasteiger partial charge is 0.0349 e. The van der Waals surface area contributed by atoms with Gasteiger partial charge in [-0.2, -0.15) is 0 Å². The fourth-order valence-electron chi connectivity index (χ4n) is 0.921. The summed E-state index contributed by atoms with van der Waals surface area (Å²) in [5, 5.41) is 0. The van der Waals surface area contributed by atoms with Gasteiger partial charge in [-0.3, -0.25) is 0 Å².